The third kappa shape index (κ3) is 3.17. The second-order valence-corrected chi connectivity index (χ2v) is 4.75. The molecule has 0 unspecified atom stereocenters. The molecule has 1 aliphatic heterocycles. The van der Waals surface area contributed by atoms with Gasteiger partial charge in [0.05, 0.1) is 6.04 Å². The molecule has 0 aromatic heterocycles. The van der Waals surface area contributed by atoms with E-state index in [0.717, 1.165) is 11.8 Å². The van der Waals surface area contributed by atoms with E-state index < -0.39 is 0 Å². The number of thioether (sulfide) groups is 1. The molecule has 0 saturated heterocycles. The zero-order valence-electron chi connectivity index (χ0n) is 9.34. The molecule has 2 rings (SSSR count). The van der Waals surface area contributed by atoms with E-state index in [1.807, 2.05) is 13.0 Å². The van der Waals surface area contributed by atoms with Gasteiger partial charge >= 0.3 is 0 Å². The highest BCUT2D eigenvalue weighted by atomic mass is 32.2. The van der Waals surface area contributed by atoms with Crippen molar-refractivity contribution < 1.29 is 9.59 Å². The molecule has 1 aromatic rings. The van der Waals surface area contributed by atoms with E-state index in [-0.39, 0.29) is 17.1 Å². The lowest BCUT2D eigenvalue weighted by molar-refractivity contribution is -0.120. The van der Waals surface area contributed by atoms with Gasteiger partial charge in [0.1, 0.15) is 0 Å². The summed E-state index contributed by atoms with van der Waals surface area (Å²) in [4.78, 5) is 27.4. The number of amidine groups is 1. The van der Waals surface area contributed by atoms with E-state index in [2.05, 4.69) is 10.3 Å². The Bertz CT molecular complexity index is 471. The maximum atomic E-state index is 11.9. The Morgan fingerprint density at radius 2 is 2.12 bits per heavy atom. The molecule has 0 spiro atoms. The molecule has 1 N–H and O–H groups in total. The zero-order valence-corrected chi connectivity index (χ0v) is 10.2. The molecule has 88 valence electrons. The monoisotopic (exact) mass is 248 g/mol. The molecule has 1 heterocycles. The number of aliphatic imine (C=N–C) groups is 1. The SMILES string of the molecule is C[C@@H]1CC(=O)NC(SC(=O)c2ccccc2)=N1. The number of carbonyl (C=O) groups excluding carboxylic acids is 2. The first-order valence-electron chi connectivity index (χ1n) is 5.30. The lowest BCUT2D eigenvalue weighted by Crippen LogP contribution is -2.36. The zero-order chi connectivity index (χ0) is 12.3. The van der Waals surface area contributed by atoms with Crippen LogP contribution >= 0.6 is 11.8 Å². The molecule has 4 nitrogen and oxygen atoms in total. The van der Waals surface area contributed by atoms with Crippen LogP contribution in [0.2, 0.25) is 0 Å². The Kier molecular flexibility index (Phi) is 3.58. The molecule has 0 bridgehead atoms. The van der Waals surface area contributed by atoms with Crippen LogP contribution < -0.4 is 5.32 Å². The van der Waals surface area contributed by atoms with Gasteiger partial charge in [0, 0.05) is 12.0 Å². The lowest BCUT2D eigenvalue weighted by atomic mass is 10.2. The van der Waals surface area contributed by atoms with Gasteiger partial charge in [-0.3, -0.25) is 14.6 Å². The summed E-state index contributed by atoms with van der Waals surface area (Å²) in [6.45, 7) is 1.85. The largest absolute Gasteiger partial charge is 0.305 e. The summed E-state index contributed by atoms with van der Waals surface area (Å²) in [7, 11) is 0. The third-order valence-corrected chi connectivity index (χ3v) is 3.09. The van der Waals surface area contributed by atoms with Crippen LogP contribution in [0.25, 0.3) is 0 Å². The number of rotatable bonds is 1. The number of hydrogen-bond acceptors (Lipinski definition) is 4. The van der Waals surface area contributed by atoms with Crippen molar-refractivity contribution in [3.05, 3.63) is 35.9 Å². The number of carbonyl (C=O) groups is 2. The molecule has 0 aliphatic carbocycles. The van der Waals surface area contributed by atoms with Crippen molar-refractivity contribution in [1.29, 1.82) is 0 Å². The fourth-order valence-electron chi connectivity index (χ4n) is 1.49. The Morgan fingerprint density at radius 3 is 2.76 bits per heavy atom. The van der Waals surface area contributed by atoms with E-state index in [9.17, 15) is 9.59 Å². The highest BCUT2D eigenvalue weighted by molar-refractivity contribution is 8.26. The predicted octanol–water partition coefficient (Wildman–Crippen LogP) is 1.82. The minimum absolute atomic E-state index is 0.0603. The fourth-order valence-corrected chi connectivity index (χ4v) is 2.32. The highest BCUT2D eigenvalue weighted by Crippen LogP contribution is 2.16. The van der Waals surface area contributed by atoms with Gasteiger partial charge in [0.2, 0.25) is 11.0 Å². The summed E-state index contributed by atoms with van der Waals surface area (Å²) in [5.74, 6) is -0.0872. The molecule has 1 aromatic carbocycles. The summed E-state index contributed by atoms with van der Waals surface area (Å²) in [6, 6.07) is 8.88. The summed E-state index contributed by atoms with van der Waals surface area (Å²) in [6.07, 6.45) is 0.379. The second kappa shape index (κ2) is 5.14. The van der Waals surface area contributed by atoms with Crippen molar-refractivity contribution in [2.24, 2.45) is 4.99 Å². The first-order valence-corrected chi connectivity index (χ1v) is 6.11. The van der Waals surface area contributed by atoms with E-state index >= 15 is 0 Å². The normalized spacial score (nSPS) is 19.5. The van der Waals surface area contributed by atoms with Crippen molar-refractivity contribution in [2.75, 3.05) is 0 Å². The molecule has 0 radical (unpaired) electrons. The van der Waals surface area contributed by atoms with Crippen molar-refractivity contribution >= 4 is 28.0 Å². The minimum atomic E-state index is -0.112. The predicted molar refractivity (Wildman–Crippen MR) is 68.0 cm³/mol. The third-order valence-electron chi connectivity index (χ3n) is 2.26. The van der Waals surface area contributed by atoms with Crippen LogP contribution in [0.15, 0.2) is 35.3 Å². The summed E-state index contributed by atoms with van der Waals surface area (Å²) >= 11 is 0.960. The highest BCUT2D eigenvalue weighted by Gasteiger charge is 2.20. The fraction of sp³-hybridized carbons (Fsp3) is 0.250. The molecular weight excluding hydrogens is 236 g/mol. The Hall–Kier alpha value is -1.62. The van der Waals surface area contributed by atoms with Crippen LogP contribution in [-0.4, -0.2) is 22.2 Å². The molecule has 1 aliphatic rings. The molecule has 1 amide bonds. The van der Waals surface area contributed by atoms with Crippen molar-refractivity contribution in [2.45, 2.75) is 19.4 Å². The van der Waals surface area contributed by atoms with E-state index in [1.54, 1.807) is 24.3 Å². The Morgan fingerprint density at radius 1 is 1.41 bits per heavy atom. The van der Waals surface area contributed by atoms with Gasteiger partial charge in [0.15, 0.2) is 5.17 Å². The van der Waals surface area contributed by atoms with Gasteiger partial charge in [-0.15, -0.1) is 0 Å². The van der Waals surface area contributed by atoms with Gasteiger partial charge < -0.3 is 5.32 Å². The van der Waals surface area contributed by atoms with E-state index in [4.69, 9.17) is 0 Å². The minimum Gasteiger partial charge on any atom is -0.305 e. The van der Waals surface area contributed by atoms with Crippen LogP contribution in [0, 0.1) is 0 Å². The average Bonchev–Trinajstić information content (AvgIpc) is 2.28. The molecule has 0 saturated carbocycles. The van der Waals surface area contributed by atoms with Gasteiger partial charge in [-0.1, -0.05) is 30.3 Å². The van der Waals surface area contributed by atoms with Crippen LogP contribution in [0.3, 0.4) is 0 Å². The summed E-state index contributed by atoms with van der Waals surface area (Å²) in [5.41, 5.74) is 0.604. The van der Waals surface area contributed by atoms with Crippen molar-refractivity contribution in [3.63, 3.8) is 0 Å². The van der Waals surface area contributed by atoms with E-state index in [1.165, 1.54) is 0 Å². The Labute approximate surface area is 104 Å². The number of hydrogen-bond donors (Lipinski definition) is 1. The molecule has 0 fully saturated rings. The maximum absolute atomic E-state index is 11.9. The first-order chi connectivity index (χ1) is 8.15. The van der Waals surface area contributed by atoms with Crippen molar-refractivity contribution in [3.8, 4) is 0 Å². The average molecular weight is 248 g/mol. The molecule has 1 atom stereocenters. The van der Waals surface area contributed by atoms with Gasteiger partial charge in [-0.05, 0) is 18.7 Å². The van der Waals surface area contributed by atoms with Crippen molar-refractivity contribution in [1.82, 2.24) is 5.32 Å². The molecular formula is C12H12N2O2S. The number of nitrogens with zero attached hydrogens (tertiary/aromatic N) is 1. The Balaban J connectivity index is 2.07. The van der Waals surface area contributed by atoms with Crippen LogP contribution in [0.4, 0.5) is 0 Å². The summed E-state index contributed by atoms with van der Waals surface area (Å²) < 4.78 is 0. The molecule has 17 heavy (non-hydrogen) atoms. The first kappa shape index (κ1) is 11.9. The van der Waals surface area contributed by atoms with Crippen LogP contribution in [0.5, 0.6) is 0 Å². The molecule has 5 heteroatoms. The number of amides is 1. The van der Waals surface area contributed by atoms with Gasteiger partial charge in [-0.25, -0.2) is 0 Å². The van der Waals surface area contributed by atoms with Gasteiger partial charge in [-0.2, -0.15) is 0 Å². The maximum Gasteiger partial charge on any atom is 0.228 e. The van der Waals surface area contributed by atoms with Crippen LogP contribution in [0.1, 0.15) is 23.7 Å². The lowest BCUT2D eigenvalue weighted by Gasteiger charge is -2.16. The topological polar surface area (TPSA) is 58.5 Å². The summed E-state index contributed by atoms with van der Waals surface area (Å²) in [5, 5.41) is 2.88. The van der Waals surface area contributed by atoms with E-state index in [0.29, 0.717) is 17.2 Å². The quantitative estimate of drug-likeness (QED) is 0.824. The number of benzene rings is 1. The smallest absolute Gasteiger partial charge is 0.228 e. The van der Waals surface area contributed by atoms with Gasteiger partial charge in [0.25, 0.3) is 0 Å². The standard InChI is InChI=1S/C12H12N2O2S/c1-8-7-10(15)14-12(13-8)17-11(16)9-5-3-2-4-6-9/h2-6,8H,7H2,1H3,(H,13,14,15)/t8-/m1/s1. The van der Waals surface area contributed by atoms with Crippen LogP contribution in [-0.2, 0) is 4.79 Å². The second-order valence-electron chi connectivity index (χ2n) is 3.79. The number of nitrogens with one attached hydrogen (secondary N) is 1.